The summed E-state index contributed by atoms with van der Waals surface area (Å²) in [6, 6.07) is 12.3. The van der Waals surface area contributed by atoms with Gasteiger partial charge < -0.3 is 0 Å². The average Bonchev–Trinajstić information content (AvgIpc) is 3.06. The molecule has 1 heterocycles. The molecule has 1 unspecified atom stereocenters. The number of likely N-dealkylation sites (tertiary alicyclic amines) is 1. The lowest BCUT2D eigenvalue weighted by Crippen LogP contribution is -2.39. The van der Waals surface area contributed by atoms with E-state index >= 15 is 0 Å². The van der Waals surface area contributed by atoms with E-state index in [2.05, 4.69) is 17.0 Å². The van der Waals surface area contributed by atoms with Crippen LogP contribution in [0.25, 0.3) is 0 Å². The summed E-state index contributed by atoms with van der Waals surface area (Å²) in [4.78, 5) is 2.20. The number of halogens is 2. The van der Waals surface area contributed by atoms with Crippen molar-refractivity contribution in [3.63, 3.8) is 0 Å². The van der Waals surface area contributed by atoms with Gasteiger partial charge in [0, 0.05) is 32.7 Å². The zero-order valence-electron chi connectivity index (χ0n) is 14.8. The number of likely N-dealkylation sites (N-methyl/N-ethyl adjacent to an activating group) is 1. The molecule has 3 rings (SSSR count). The van der Waals surface area contributed by atoms with Crippen LogP contribution < -0.4 is 0 Å². The smallest absolute Gasteiger partial charge is 0.244 e. The van der Waals surface area contributed by atoms with Gasteiger partial charge in [0.2, 0.25) is 10.0 Å². The molecule has 140 valence electrons. The van der Waals surface area contributed by atoms with Gasteiger partial charge in [0.25, 0.3) is 0 Å². The maximum Gasteiger partial charge on any atom is 0.244 e. The molecule has 7 heteroatoms. The minimum Gasteiger partial charge on any atom is -0.297 e. The van der Waals surface area contributed by atoms with E-state index in [1.807, 2.05) is 18.2 Å². The third-order valence-corrected chi connectivity index (χ3v) is 7.26. The Morgan fingerprint density at radius 3 is 2.65 bits per heavy atom. The van der Waals surface area contributed by atoms with Crippen LogP contribution in [0.2, 0.25) is 5.02 Å². The molecule has 2 aromatic carbocycles. The van der Waals surface area contributed by atoms with Gasteiger partial charge in [-0.15, -0.1) is 0 Å². The third kappa shape index (κ3) is 3.93. The number of hydrogen-bond acceptors (Lipinski definition) is 3. The Balaban J connectivity index is 1.75. The second-order valence-electron chi connectivity index (χ2n) is 6.72. The van der Waals surface area contributed by atoms with E-state index in [-0.39, 0.29) is 21.5 Å². The molecule has 26 heavy (non-hydrogen) atoms. The zero-order chi connectivity index (χ0) is 18.9. The molecule has 0 aliphatic carbocycles. The number of benzene rings is 2. The summed E-state index contributed by atoms with van der Waals surface area (Å²) in [6.45, 7) is 3.81. The van der Waals surface area contributed by atoms with Crippen LogP contribution in [-0.2, 0) is 16.6 Å². The third-order valence-electron chi connectivity index (χ3n) is 4.88. The van der Waals surface area contributed by atoms with Gasteiger partial charge in [0.05, 0.1) is 5.02 Å². The SMILES string of the molecule is Cc1cc(S(=O)(=O)N(C)C2CCN(Cc3ccccc3)C2)c(Cl)cc1F. The van der Waals surface area contributed by atoms with Crippen molar-refractivity contribution in [1.82, 2.24) is 9.21 Å². The molecule has 1 atom stereocenters. The second-order valence-corrected chi connectivity index (χ2v) is 9.09. The summed E-state index contributed by atoms with van der Waals surface area (Å²) in [5, 5.41) is -0.0842. The highest BCUT2D eigenvalue weighted by molar-refractivity contribution is 7.89. The van der Waals surface area contributed by atoms with E-state index in [4.69, 9.17) is 11.6 Å². The molecule has 2 aromatic rings. The molecule has 0 radical (unpaired) electrons. The summed E-state index contributed by atoms with van der Waals surface area (Å²) >= 11 is 6.02. The Morgan fingerprint density at radius 2 is 1.96 bits per heavy atom. The summed E-state index contributed by atoms with van der Waals surface area (Å²) < 4.78 is 40.9. The maximum atomic E-state index is 13.6. The first kappa shape index (κ1) is 19.3. The highest BCUT2D eigenvalue weighted by atomic mass is 35.5. The van der Waals surface area contributed by atoms with Gasteiger partial charge in [-0.3, -0.25) is 4.90 Å². The van der Waals surface area contributed by atoms with E-state index in [0.29, 0.717) is 6.54 Å². The van der Waals surface area contributed by atoms with Crippen LogP contribution >= 0.6 is 11.6 Å². The predicted molar refractivity (Wildman–Crippen MR) is 101 cm³/mol. The second kappa shape index (κ2) is 7.64. The van der Waals surface area contributed by atoms with Crippen LogP contribution in [0.3, 0.4) is 0 Å². The number of sulfonamides is 1. The molecule has 0 amide bonds. The fourth-order valence-electron chi connectivity index (χ4n) is 3.27. The van der Waals surface area contributed by atoms with Gasteiger partial charge in [0.1, 0.15) is 10.7 Å². The van der Waals surface area contributed by atoms with Crippen LogP contribution in [0.1, 0.15) is 17.5 Å². The van der Waals surface area contributed by atoms with Crippen molar-refractivity contribution in [3.05, 3.63) is 64.4 Å². The first-order chi connectivity index (χ1) is 12.3. The normalized spacial score (nSPS) is 18.6. The lowest BCUT2D eigenvalue weighted by molar-refractivity contribution is 0.298. The van der Waals surface area contributed by atoms with E-state index in [9.17, 15) is 12.8 Å². The highest BCUT2D eigenvalue weighted by Crippen LogP contribution is 2.29. The van der Waals surface area contributed by atoms with E-state index in [1.54, 1.807) is 7.05 Å². The first-order valence-electron chi connectivity index (χ1n) is 8.49. The Labute approximate surface area is 159 Å². The summed E-state index contributed by atoms with van der Waals surface area (Å²) in [5.41, 5.74) is 1.47. The van der Waals surface area contributed by atoms with E-state index in [1.165, 1.54) is 22.9 Å². The van der Waals surface area contributed by atoms with Gasteiger partial charge in [0.15, 0.2) is 0 Å². The number of hydrogen-bond donors (Lipinski definition) is 0. The standard InChI is InChI=1S/C19H22ClFN2O2S/c1-14-10-19(17(20)11-18(14)21)26(24,25)22(2)16-8-9-23(13-16)12-15-6-4-3-5-7-15/h3-7,10-11,16H,8-9,12-13H2,1-2H3. The van der Waals surface area contributed by atoms with Crippen LogP contribution in [0.15, 0.2) is 47.4 Å². The molecule has 0 saturated carbocycles. The number of aryl methyl sites for hydroxylation is 1. The summed E-state index contributed by atoms with van der Waals surface area (Å²) in [6.07, 6.45) is 0.750. The predicted octanol–water partition coefficient (Wildman–Crippen LogP) is 3.68. The van der Waals surface area contributed by atoms with Gasteiger partial charge in [-0.05, 0) is 36.6 Å². The molecule has 0 spiro atoms. The molecule has 0 N–H and O–H groups in total. The Bertz CT molecular complexity index is 890. The van der Waals surface area contributed by atoms with Crippen LogP contribution in [0.4, 0.5) is 4.39 Å². The van der Waals surface area contributed by atoms with Crippen molar-refractivity contribution in [1.29, 1.82) is 0 Å². The zero-order valence-corrected chi connectivity index (χ0v) is 16.4. The first-order valence-corrected chi connectivity index (χ1v) is 10.3. The van der Waals surface area contributed by atoms with Gasteiger partial charge in [-0.25, -0.2) is 12.8 Å². The van der Waals surface area contributed by atoms with Crippen molar-refractivity contribution < 1.29 is 12.8 Å². The minimum atomic E-state index is -3.78. The van der Waals surface area contributed by atoms with Crippen molar-refractivity contribution in [2.75, 3.05) is 20.1 Å². The topological polar surface area (TPSA) is 40.6 Å². The lowest BCUT2D eigenvalue weighted by atomic mass is 10.2. The molecule has 0 bridgehead atoms. The number of nitrogens with zero attached hydrogens (tertiary/aromatic N) is 2. The van der Waals surface area contributed by atoms with Crippen molar-refractivity contribution in [3.8, 4) is 0 Å². The number of rotatable bonds is 5. The largest absolute Gasteiger partial charge is 0.297 e. The molecule has 1 aliphatic heterocycles. The minimum absolute atomic E-state index is 0.0397. The fourth-order valence-corrected chi connectivity index (χ4v) is 5.22. The highest BCUT2D eigenvalue weighted by Gasteiger charge is 2.34. The summed E-state index contributed by atoms with van der Waals surface area (Å²) in [5.74, 6) is -0.508. The maximum absolute atomic E-state index is 13.6. The molecule has 1 fully saturated rings. The van der Waals surface area contributed by atoms with Crippen molar-refractivity contribution >= 4 is 21.6 Å². The Kier molecular flexibility index (Phi) is 5.67. The van der Waals surface area contributed by atoms with Crippen LogP contribution in [0, 0.1) is 12.7 Å². The van der Waals surface area contributed by atoms with E-state index < -0.39 is 15.8 Å². The molecular weight excluding hydrogens is 375 g/mol. The van der Waals surface area contributed by atoms with Crippen LogP contribution in [-0.4, -0.2) is 43.8 Å². The fraction of sp³-hybridized carbons (Fsp3) is 0.368. The monoisotopic (exact) mass is 396 g/mol. The molecule has 1 saturated heterocycles. The van der Waals surface area contributed by atoms with Gasteiger partial charge >= 0.3 is 0 Å². The van der Waals surface area contributed by atoms with Crippen LogP contribution in [0.5, 0.6) is 0 Å². The Morgan fingerprint density at radius 1 is 1.27 bits per heavy atom. The van der Waals surface area contributed by atoms with Gasteiger partial charge in [-0.2, -0.15) is 4.31 Å². The van der Waals surface area contributed by atoms with E-state index in [0.717, 1.165) is 25.6 Å². The molecule has 1 aliphatic rings. The summed E-state index contributed by atoms with van der Waals surface area (Å²) in [7, 11) is -2.21. The lowest BCUT2D eigenvalue weighted by Gasteiger charge is -2.25. The molecular formula is C19H22ClFN2O2S. The average molecular weight is 397 g/mol. The molecule has 0 aromatic heterocycles. The van der Waals surface area contributed by atoms with Crippen molar-refractivity contribution in [2.45, 2.75) is 30.8 Å². The van der Waals surface area contributed by atoms with Crippen molar-refractivity contribution in [2.24, 2.45) is 0 Å². The molecule has 4 nitrogen and oxygen atoms in total. The van der Waals surface area contributed by atoms with Gasteiger partial charge in [-0.1, -0.05) is 41.9 Å². The quantitative estimate of drug-likeness (QED) is 0.774. The Hall–Kier alpha value is -1.47.